The van der Waals surface area contributed by atoms with E-state index in [0.717, 1.165) is 0 Å². The van der Waals surface area contributed by atoms with Crippen molar-refractivity contribution in [1.29, 1.82) is 0 Å². The van der Waals surface area contributed by atoms with Crippen LogP contribution in [0.5, 0.6) is 0 Å². The van der Waals surface area contributed by atoms with Gasteiger partial charge in [0.05, 0.1) is 6.54 Å². The molecule has 1 unspecified atom stereocenters. The van der Waals surface area contributed by atoms with Crippen LogP contribution in [0.4, 0.5) is 0 Å². The Morgan fingerprint density at radius 2 is 1.95 bits per heavy atom. The molecule has 0 radical (unpaired) electrons. The molecule has 6 heteroatoms. The molecule has 0 spiro atoms. The maximum atomic E-state index is 11.8. The monoisotopic (exact) mass is 286 g/mol. The molecule has 5 nitrogen and oxygen atoms in total. The van der Waals surface area contributed by atoms with Crippen LogP contribution < -0.4 is 5.32 Å². The van der Waals surface area contributed by atoms with E-state index in [4.69, 9.17) is 5.11 Å². The summed E-state index contributed by atoms with van der Waals surface area (Å²) in [4.78, 5) is 24.6. The number of rotatable bonds is 11. The second kappa shape index (κ2) is 10.6. The fraction of sp³-hybridized carbons (Fsp3) is 0.538. The lowest BCUT2D eigenvalue weighted by Gasteiger charge is -2.20. The zero-order chi connectivity index (χ0) is 14.7. The first-order valence-corrected chi connectivity index (χ1v) is 7.39. The van der Waals surface area contributed by atoms with E-state index < -0.39 is 12.0 Å². The van der Waals surface area contributed by atoms with E-state index in [9.17, 15) is 9.59 Å². The van der Waals surface area contributed by atoms with Crippen LogP contribution in [0.3, 0.4) is 0 Å². The minimum atomic E-state index is -0.999. The molecule has 0 aromatic rings. The van der Waals surface area contributed by atoms with Crippen molar-refractivity contribution in [3.63, 3.8) is 0 Å². The van der Waals surface area contributed by atoms with Crippen molar-refractivity contribution in [2.24, 2.45) is 0 Å². The van der Waals surface area contributed by atoms with Gasteiger partial charge in [0.25, 0.3) is 0 Å². The number of thioether (sulfide) groups is 1. The van der Waals surface area contributed by atoms with Gasteiger partial charge in [-0.3, -0.25) is 9.69 Å². The minimum Gasteiger partial charge on any atom is -0.480 e. The Hall–Kier alpha value is -1.27. The Labute approximate surface area is 118 Å². The molecular formula is C13H22N2O3S. The molecule has 0 saturated carbocycles. The third-order valence-electron chi connectivity index (χ3n) is 2.39. The van der Waals surface area contributed by atoms with Gasteiger partial charge in [-0.15, -0.1) is 13.2 Å². The first kappa shape index (κ1) is 17.7. The number of carboxylic acid groups (broad SMARTS) is 1. The van der Waals surface area contributed by atoms with Gasteiger partial charge in [-0.1, -0.05) is 12.2 Å². The van der Waals surface area contributed by atoms with Gasteiger partial charge in [-0.25, -0.2) is 4.79 Å². The van der Waals surface area contributed by atoms with Crippen LogP contribution in [0.1, 0.15) is 6.42 Å². The first-order valence-electron chi connectivity index (χ1n) is 6.00. The molecular weight excluding hydrogens is 264 g/mol. The third-order valence-corrected chi connectivity index (χ3v) is 3.03. The molecule has 0 fully saturated rings. The molecule has 108 valence electrons. The summed E-state index contributed by atoms with van der Waals surface area (Å²) in [6, 6.07) is -0.825. The summed E-state index contributed by atoms with van der Waals surface area (Å²) in [6.07, 6.45) is 5.71. The first-order chi connectivity index (χ1) is 9.04. The van der Waals surface area contributed by atoms with Crippen LogP contribution in [-0.2, 0) is 9.59 Å². The van der Waals surface area contributed by atoms with Gasteiger partial charge in [-0.05, 0) is 18.4 Å². The Bertz CT molecular complexity index is 311. The van der Waals surface area contributed by atoms with Gasteiger partial charge in [0.1, 0.15) is 6.04 Å². The lowest BCUT2D eigenvalue weighted by molar-refractivity contribution is -0.142. The van der Waals surface area contributed by atoms with E-state index in [1.54, 1.807) is 23.9 Å². The lowest BCUT2D eigenvalue weighted by Crippen LogP contribution is -2.46. The van der Waals surface area contributed by atoms with E-state index >= 15 is 0 Å². The van der Waals surface area contributed by atoms with Crippen molar-refractivity contribution in [1.82, 2.24) is 10.2 Å². The Balaban J connectivity index is 4.33. The van der Waals surface area contributed by atoms with Crippen molar-refractivity contribution in [2.75, 3.05) is 31.6 Å². The Kier molecular flexibility index (Phi) is 9.92. The van der Waals surface area contributed by atoms with Crippen LogP contribution in [0.15, 0.2) is 25.3 Å². The van der Waals surface area contributed by atoms with Gasteiger partial charge >= 0.3 is 5.97 Å². The zero-order valence-electron chi connectivity index (χ0n) is 11.3. The van der Waals surface area contributed by atoms with E-state index in [2.05, 4.69) is 18.5 Å². The Morgan fingerprint density at radius 3 is 2.37 bits per heavy atom. The molecule has 1 atom stereocenters. The summed E-state index contributed by atoms with van der Waals surface area (Å²) in [6.45, 7) is 8.49. The average molecular weight is 286 g/mol. The number of carbonyl (C=O) groups excluding carboxylic acids is 1. The molecule has 0 aliphatic heterocycles. The highest BCUT2D eigenvalue weighted by atomic mass is 32.2. The minimum absolute atomic E-state index is 0.140. The molecule has 2 N–H and O–H groups in total. The lowest BCUT2D eigenvalue weighted by atomic mass is 10.2. The van der Waals surface area contributed by atoms with Crippen molar-refractivity contribution < 1.29 is 14.7 Å². The van der Waals surface area contributed by atoms with Gasteiger partial charge in [-0.2, -0.15) is 11.8 Å². The largest absolute Gasteiger partial charge is 0.480 e. The van der Waals surface area contributed by atoms with Crippen LogP contribution in [-0.4, -0.2) is 59.6 Å². The number of nitrogens with one attached hydrogen (secondary N) is 1. The summed E-state index contributed by atoms with van der Waals surface area (Å²) in [5.41, 5.74) is 0. The van der Waals surface area contributed by atoms with Crippen LogP contribution in [0.25, 0.3) is 0 Å². The van der Waals surface area contributed by atoms with Gasteiger partial charge in [0.2, 0.25) is 5.91 Å². The number of hydrogen-bond donors (Lipinski definition) is 2. The van der Waals surface area contributed by atoms with Gasteiger partial charge < -0.3 is 10.4 Å². The maximum Gasteiger partial charge on any atom is 0.326 e. The van der Waals surface area contributed by atoms with Gasteiger partial charge in [0.15, 0.2) is 0 Å². The quantitative estimate of drug-likeness (QED) is 0.554. The standard InChI is InChI=1S/C13H22N2O3S/c1-4-7-15(8-5-2)10-12(16)14-11(13(17)18)6-9-19-3/h4-5,11H,1-2,6-10H2,3H3,(H,14,16)(H,17,18). The van der Waals surface area contributed by atoms with E-state index in [-0.39, 0.29) is 12.5 Å². The highest BCUT2D eigenvalue weighted by Gasteiger charge is 2.20. The number of carboxylic acids is 1. The second-order valence-corrected chi connectivity index (χ2v) is 5.00. The van der Waals surface area contributed by atoms with Crippen molar-refractivity contribution >= 4 is 23.6 Å². The number of amides is 1. The van der Waals surface area contributed by atoms with Crippen molar-refractivity contribution in [3.05, 3.63) is 25.3 Å². The van der Waals surface area contributed by atoms with Crippen molar-refractivity contribution in [3.8, 4) is 0 Å². The fourth-order valence-electron chi connectivity index (χ4n) is 1.50. The summed E-state index contributed by atoms with van der Waals surface area (Å²) in [5, 5.41) is 11.6. The second-order valence-electron chi connectivity index (χ2n) is 4.01. The molecule has 0 aromatic carbocycles. The predicted octanol–water partition coefficient (Wildman–Crippen LogP) is 0.983. The van der Waals surface area contributed by atoms with Gasteiger partial charge in [0, 0.05) is 13.1 Å². The van der Waals surface area contributed by atoms with Crippen LogP contribution in [0, 0.1) is 0 Å². The molecule has 0 aliphatic carbocycles. The molecule has 1 amide bonds. The SMILES string of the molecule is C=CCN(CC=C)CC(=O)NC(CCSC)C(=O)O. The number of aliphatic carboxylic acids is 1. The van der Waals surface area contributed by atoms with Crippen LogP contribution in [0.2, 0.25) is 0 Å². The highest BCUT2D eigenvalue weighted by Crippen LogP contribution is 2.01. The van der Waals surface area contributed by atoms with E-state index in [1.807, 2.05) is 11.2 Å². The fourth-order valence-corrected chi connectivity index (χ4v) is 1.98. The highest BCUT2D eigenvalue weighted by molar-refractivity contribution is 7.98. The normalized spacial score (nSPS) is 11.9. The summed E-state index contributed by atoms with van der Waals surface area (Å²) < 4.78 is 0. The molecule has 0 aliphatic rings. The maximum absolute atomic E-state index is 11.8. The smallest absolute Gasteiger partial charge is 0.326 e. The molecule has 0 heterocycles. The summed E-state index contributed by atoms with van der Waals surface area (Å²) >= 11 is 1.55. The zero-order valence-corrected chi connectivity index (χ0v) is 12.1. The topological polar surface area (TPSA) is 69.6 Å². The molecule has 0 saturated heterocycles. The summed E-state index contributed by atoms with van der Waals surface area (Å²) in [5.74, 6) is -0.598. The molecule has 0 aromatic heterocycles. The third kappa shape index (κ3) is 8.45. The van der Waals surface area contributed by atoms with E-state index in [1.165, 1.54) is 0 Å². The number of hydrogen-bond acceptors (Lipinski definition) is 4. The number of carbonyl (C=O) groups is 2. The number of nitrogens with zero attached hydrogens (tertiary/aromatic N) is 1. The molecule has 0 rings (SSSR count). The Morgan fingerprint density at radius 1 is 1.37 bits per heavy atom. The average Bonchev–Trinajstić information content (AvgIpc) is 2.34. The molecule has 0 bridgehead atoms. The molecule has 19 heavy (non-hydrogen) atoms. The predicted molar refractivity (Wildman–Crippen MR) is 79.4 cm³/mol. The van der Waals surface area contributed by atoms with Crippen molar-refractivity contribution in [2.45, 2.75) is 12.5 Å². The van der Waals surface area contributed by atoms with Crippen LogP contribution >= 0.6 is 11.8 Å². The van der Waals surface area contributed by atoms with E-state index in [0.29, 0.717) is 25.3 Å². The summed E-state index contributed by atoms with van der Waals surface area (Å²) in [7, 11) is 0.